The Bertz CT molecular complexity index is 614. The molecule has 9 heteroatoms. The maximum absolute atomic E-state index is 12.4. The van der Waals surface area contributed by atoms with Gasteiger partial charge in [-0.15, -0.1) is 11.3 Å². The molecule has 2 aliphatic rings. The van der Waals surface area contributed by atoms with Gasteiger partial charge in [0.15, 0.2) is 5.71 Å². The van der Waals surface area contributed by atoms with Gasteiger partial charge in [0.25, 0.3) is 5.91 Å². The van der Waals surface area contributed by atoms with Gasteiger partial charge in [-0.1, -0.05) is 11.2 Å². The van der Waals surface area contributed by atoms with E-state index in [1.165, 1.54) is 11.3 Å². The number of ether oxygens (including phenoxy) is 1. The molecule has 8 nitrogen and oxygen atoms in total. The van der Waals surface area contributed by atoms with Crippen LogP contribution in [0.5, 0.6) is 0 Å². The molecule has 2 saturated heterocycles. The van der Waals surface area contributed by atoms with Crippen molar-refractivity contribution in [1.82, 2.24) is 15.5 Å². The molecule has 1 atom stereocenters. The number of β-lactam (4-membered cyclic amide) rings is 1. The van der Waals surface area contributed by atoms with Crippen LogP contribution >= 0.6 is 11.3 Å². The lowest BCUT2D eigenvalue weighted by atomic mass is 10.1. The second-order valence-corrected chi connectivity index (χ2v) is 6.78. The lowest BCUT2D eigenvalue weighted by molar-refractivity contribution is -0.131. The zero-order valence-electron chi connectivity index (χ0n) is 13.9. The summed E-state index contributed by atoms with van der Waals surface area (Å²) in [5.74, 6) is -0.569. The molecule has 1 aromatic rings. The zero-order chi connectivity index (χ0) is 17.5. The van der Waals surface area contributed by atoms with Gasteiger partial charge in [-0.3, -0.25) is 14.5 Å². The normalized spacial score (nSPS) is 21.4. The molecule has 1 unspecified atom stereocenters. The van der Waals surface area contributed by atoms with E-state index in [4.69, 9.17) is 9.57 Å². The van der Waals surface area contributed by atoms with Crippen LogP contribution in [0.2, 0.25) is 0 Å². The monoisotopic (exact) mass is 366 g/mol. The highest BCUT2D eigenvalue weighted by atomic mass is 32.1. The van der Waals surface area contributed by atoms with Crippen molar-refractivity contribution in [3.63, 3.8) is 0 Å². The van der Waals surface area contributed by atoms with Crippen molar-refractivity contribution < 1.29 is 19.2 Å². The molecule has 0 aromatic carbocycles. The Morgan fingerprint density at radius 1 is 1.48 bits per heavy atom. The summed E-state index contributed by atoms with van der Waals surface area (Å²) in [7, 11) is 0. The first-order valence-electron chi connectivity index (χ1n) is 8.36. The fourth-order valence-corrected chi connectivity index (χ4v) is 3.23. The largest absolute Gasteiger partial charge is 0.395 e. The van der Waals surface area contributed by atoms with Crippen LogP contribution in [-0.2, 0) is 19.2 Å². The number of oxime groups is 1. The number of nitrogens with one attached hydrogen (secondary N) is 2. The van der Waals surface area contributed by atoms with Crippen molar-refractivity contribution in [2.24, 2.45) is 5.16 Å². The van der Waals surface area contributed by atoms with Crippen LogP contribution in [0.1, 0.15) is 11.3 Å². The summed E-state index contributed by atoms with van der Waals surface area (Å²) in [5, 5.41) is 11.2. The Morgan fingerprint density at radius 2 is 2.32 bits per heavy atom. The predicted octanol–water partition coefficient (Wildman–Crippen LogP) is -0.194. The number of thiophene rings is 1. The van der Waals surface area contributed by atoms with Crippen LogP contribution in [-0.4, -0.2) is 74.5 Å². The van der Waals surface area contributed by atoms with Gasteiger partial charge in [0.2, 0.25) is 5.91 Å². The summed E-state index contributed by atoms with van der Waals surface area (Å²) in [6, 6.07) is 3.16. The Morgan fingerprint density at radius 3 is 2.96 bits per heavy atom. The fourth-order valence-electron chi connectivity index (χ4n) is 2.53. The maximum atomic E-state index is 12.4. The number of nitrogens with zero attached hydrogens (tertiary/aromatic N) is 2. The molecule has 0 saturated carbocycles. The van der Waals surface area contributed by atoms with Crippen molar-refractivity contribution in [1.29, 1.82) is 0 Å². The number of morpholine rings is 1. The molecule has 2 N–H and O–H groups in total. The number of amides is 2. The first kappa shape index (κ1) is 17.8. The smallest absolute Gasteiger partial charge is 0.275 e. The third-order valence-electron chi connectivity index (χ3n) is 4.04. The van der Waals surface area contributed by atoms with E-state index in [0.717, 1.165) is 39.3 Å². The zero-order valence-corrected chi connectivity index (χ0v) is 14.7. The minimum Gasteiger partial charge on any atom is -0.395 e. The summed E-state index contributed by atoms with van der Waals surface area (Å²) in [6.45, 7) is 5.23. The maximum Gasteiger partial charge on any atom is 0.275 e. The number of rotatable bonds is 8. The minimum absolute atomic E-state index is 0.176. The fraction of sp³-hybridized carbons (Fsp3) is 0.562. The van der Waals surface area contributed by atoms with E-state index in [1.54, 1.807) is 6.07 Å². The molecule has 2 fully saturated rings. The van der Waals surface area contributed by atoms with Gasteiger partial charge in [-0.25, -0.2) is 0 Å². The third-order valence-corrected chi connectivity index (χ3v) is 4.92. The molecule has 3 heterocycles. The first-order chi connectivity index (χ1) is 12.2. The van der Waals surface area contributed by atoms with E-state index >= 15 is 0 Å². The van der Waals surface area contributed by atoms with Gasteiger partial charge in [-0.05, 0) is 17.9 Å². The van der Waals surface area contributed by atoms with Gasteiger partial charge in [0, 0.05) is 26.2 Å². The highest BCUT2D eigenvalue weighted by molar-refractivity contribution is 7.13. The highest BCUT2D eigenvalue weighted by Gasteiger charge is 2.31. The highest BCUT2D eigenvalue weighted by Crippen LogP contribution is 2.11. The van der Waals surface area contributed by atoms with Crippen molar-refractivity contribution in [2.75, 3.05) is 46.0 Å². The summed E-state index contributed by atoms with van der Waals surface area (Å²) in [5.41, 5.74) is 0.209. The number of hydrogen-bond donors (Lipinski definition) is 2. The van der Waals surface area contributed by atoms with E-state index in [-0.39, 0.29) is 11.6 Å². The lowest BCUT2D eigenvalue weighted by Gasteiger charge is -2.26. The predicted molar refractivity (Wildman–Crippen MR) is 93.6 cm³/mol. The lowest BCUT2D eigenvalue weighted by Crippen LogP contribution is -2.62. The molecule has 0 aliphatic carbocycles. The van der Waals surface area contributed by atoms with Crippen LogP contribution in [0.25, 0.3) is 0 Å². The molecule has 0 radical (unpaired) electrons. The van der Waals surface area contributed by atoms with E-state index in [1.807, 2.05) is 11.4 Å². The third kappa shape index (κ3) is 5.00. The Hall–Kier alpha value is -1.97. The van der Waals surface area contributed by atoms with Crippen molar-refractivity contribution in [3.05, 3.63) is 22.4 Å². The molecular weight excluding hydrogens is 344 g/mol. The molecule has 25 heavy (non-hydrogen) atoms. The van der Waals surface area contributed by atoms with Crippen LogP contribution in [0.15, 0.2) is 22.7 Å². The summed E-state index contributed by atoms with van der Waals surface area (Å²) in [6.07, 6.45) is 0.827. The van der Waals surface area contributed by atoms with Crippen molar-refractivity contribution in [2.45, 2.75) is 12.5 Å². The molecule has 1 aromatic heterocycles. The van der Waals surface area contributed by atoms with Crippen LogP contribution in [0.4, 0.5) is 0 Å². The molecule has 0 spiro atoms. The standard InChI is InChI=1S/C16H22N4O4S/c21-15-12(11-17-15)18-16(22)14(13-3-1-10-25-13)19-24-7-2-4-20-5-8-23-9-6-20/h1,3,10,12H,2,4-9,11H2,(H,17,21)(H,18,22)/b19-14-. The van der Waals surface area contributed by atoms with E-state index in [9.17, 15) is 9.59 Å². The summed E-state index contributed by atoms with van der Waals surface area (Å²) < 4.78 is 5.31. The van der Waals surface area contributed by atoms with Gasteiger partial charge >= 0.3 is 0 Å². The average molecular weight is 366 g/mol. The summed E-state index contributed by atoms with van der Waals surface area (Å²) in [4.78, 5) is 32.1. The first-order valence-corrected chi connectivity index (χ1v) is 9.24. The molecule has 136 valence electrons. The second-order valence-electron chi connectivity index (χ2n) is 5.83. The van der Waals surface area contributed by atoms with Crippen LogP contribution in [0.3, 0.4) is 0 Å². The van der Waals surface area contributed by atoms with E-state index in [0.29, 0.717) is 18.0 Å². The Balaban J connectivity index is 1.49. The number of hydrogen-bond acceptors (Lipinski definition) is 7. The van der Waals surface area contributed by atoms with Gasteiger partial charge in [-0.2, -0.15) is 0 Å². The SMILES string of the molecule is O=C(NC1CNC1=O)/C(=N\OCCCN1CCOCC1)c1cccs1. The van der Waals surface area contributed by atoms with Gasteiger partial charge in [0.1, 0.15) is 12.6 Å². The molecular formula is C16H22N4O4S. The molecule has 0 bridgehead atoms. The summed E-state index contributed by atoms with van der Waals surface area (Å²) >= 11 is 1.41. The van der Waals surface area contributed by atoms with Gasteiger partial charge < -0.3 is 20.2 Å². The van der Waals surface area contributed by atoms with Crippen molar-refractivity contribution >= 4 is 28.9 Å². The Labute approximate surface area is 150 Å². The van der Waals surface area contributed by atoms with E-state index < -0.39 is 11.9 Å². The average Bonchev–Trinajstić information content (AvgIpc) is 3.16. The van der Waals surface area contributed by atoms with Crippen LogP contribution in [0, 0.1) is 0 Å². The Kier molecular flexibility index (Phi) is 6.37. The minimum atomic E-state index is -0.487. The quantitative estimate of drug-likeness (QED) is 0.288. The number of carbonyl (C=O) groups excluding carboxylic acids is 2. The second kappa shape index (κ2) is 8.93. The van der Waals surface area contributed by atoms with Crippen molar-refractivity contribution in [3.8, 4) is 0 Å². The van der Waals surface area contributed by atoms with Crippen LogP contribution < -0.4 is 10.6 Å². The topological polar surface area (TPSA) is 92.3 Å². The van der Waals surface area contributed by atoms with E-state index in [2.05, 4.69) is 20.7 Å². The van der Waals surface area contributed by atoms with Gasteiger partial charge in [0.05, 0.1) is 18.1 Å². The molecule has 3 rings (SSSR count). The number of carbonyl (C=O) groups is 2. The molecule has 2 aliphatic heterocycles. The molecule has 2 amide bonds.